The third-order valence-electron chi connectivity index (χ3n) is 8.86. The largest absolute Gasteiger partial charge is 0.341 e. The highest BCUT2D eigenvalue weighted by Gasteiger charge is 2.71. The van der Waals surface area contributed by atoms with Gasteiger partial charge in [-0.1, -0.05) is 98.8 Å². The molecule has 2 heterocycles. The van der Waals surface area contributed by atoms with Crippen molar-refractivity contribution in [1.82, 2.24) is 0 Å². The molecule has 0 amide bonds. The van der Waals surface area contributed by atoms with Gasteiger partial charge >= 0.3 is 0 Å². The molecule has 1 saturated carbocycles. The lowest BCUT2D eigenvalue weighted by Crippen LogP contribution is -2.41. The predicted molar refractivity (Wildman–Crippen MR) is 124 cm³/mol. The van der Waals surface area contributed by atoms with Gasteiger partial charge in [0, 0.05) is 0 Å². The predicted octanol–water partition coefficient (Wildman–Crippen LogP) is 6.97. The van der Waals surface area contributed by atoms with Gasteiger partial charge < -0.3 is 4.74 Å². The van der Waals surface area contributed by atoms with Crippen molar-refractivity contribution in [2.24, 2.45) is 17.3 Å². The molecule has 2 aliphatic carbocycles. The first-order valence-corrected chi connectivity index (χ1v) is 11.8. The number of hydrogen-bond acceptors (Lipinski definition) is 1. The Hall–Kier alpha value is -2.64. The van der Waals surface area contributed by atoms with Gasteiger partial charge in [-0.15, -0.1) is 0 Å². The zero-order chi connectivity index (χ0) is 20.8. The Morgan fingerprint density at radius 3 is 1.87 bits per heavy atom. The van der Waals surface area contributed by atoms with Crippen molar-refractivity contribution in [2.45, 2.75) is 44.3 Å². The SMILES string of the molecule is CC1(C)C2=C(C3CCC1C3)C1(c3ccccc3)OC2(c2ccccc2)c2ccccc21. The monoisotopic (exact) mass is 404 g/mol. The average molecular weight is 405 g/mol. The van der Waals surface area contributed by atoms with E-state index in [0.717, 1.165) is 5.92 Å². The zero-order valence-electron chi connectivity index (χ0n) is 18.3. The van der Waals surface area contributed by atoms with Crippen LogP contribution in [0.5, 0.6) is 0 Å². The summed E-state index contributed by atoms with van der Waals surface area (Å²) in [5.41, 5.74) is 7.55. The van der Waals surface area contributed by atoms with Gasteiger partial charge in [-0.05, 0) is 69.9 Å². The van der Waals surface area contributed by atoms with E-state index in [1.165, 1.54) is 41.5 Å². The van der Waals surface area contributed by atoms with E-state index in [4.69, 9.17) is 4.74 Å². The van der Waals surface area contributed by atoms with E-state index in [2.05, 4.69) is 98.8 Å². The van der Waals surface area contributed by atoms with Crippen LogP contribution in [0.1, 0.15) is 55.4 Å². The minimum atomic E-state index is -0.492. The molecule has 4 aliphatic rings. The Balaban J connectivity index is 1.66. The lowest BCUT2D eigenvalue weighted by molar-refractivity contribution is -0.0407. The van der Waals surface area contributed by atoms with Crippen molar-refractivity contribution in [2.75, 3.05) is 0 Å². The summed E-state index contributed by atoms with van der Waals surface area (Å²) in [7, 11) is 0. The molecule has 1 nitrogen and oxygen atoms in total. The Morgan fingerprint density at radius 1 is 0.677 bits per heavy atom. The summed E-state index contributed by atoms with van der Waals surface area (Å²) in [6, 6.07) is 31.1. The molecule has 3 aromatic rings. The van der Waals surface area contributed by atoms with Crippen LogP contribution in [0.4, 0.5) is 0 Å². The summed E-state index contributed by atoms with van der Waals surface area (Å²) in [6.07, 6.45) is 3.92. The summed E-state index contributed by atoms with van der Waals surface area (Å²) in [5.74, 6) is 1.35. The third-order valence-corrected chi connectivity index (χ3v) is 8.86. The Bertz CT molecular complexity index is 1220. The Morgan fingerprint density at radius 2 is 1.23 bits per heavy atom. The van der Waals surface area contributed by atoms with E-state index in [9.17, 15) is 0 Å². The summed E-state index contributed by atoms with van der Waals surface area (Å²) < 4.78 is 7.55. The number of ether oxygens (including phenoxy) is 1. The third kappa shape index (κ3) is 1.94. The maximum atomic E-state index is 7.55. The molecule has 2 aliphatic heterocycles. The van der Waals surface area contributed by atoms with E-state index < -0.39 is 11.2 Å². The quantitative estimate of drug-likeness (QED) is 0.419. The van der Waals surface area contributed by atoms with Crippen LogP contribution in [0.3, 0.4) is 0 Å². The molecular weight excluding hydrogens is 376 g/mol. The average Bonchev–Trinajstić information content (AvgIpc) is 3.49. The fourth-order valence-corrected chi connectivity index (χ4v) is 7.66. The molecule has 31 heavy (non-hydrogen) atoms. The molecule has 0 N–H and O–H groups in total. The van der Waals surface area contributed by atoms with Gasteiger partial charge in [-0.25, -0.2) is 0 Å². The fourth-order valence-electron chi connectivity index (χ4n) is 7.66. The number of benzene rings is 3. The molecule has 0 saturated heterocycles. The van der Waals surface area contributed by atoms with Crippen LogP contribution in [-0.4, -0.2) is 0 Å². The molecule has 0 spiro atoms. The van der Waals surface area contributed by atoms with Crippen LogP contribution in [0.2, 0.25) is 0 Å². The molecule has 0 radical (unpaired) electrons. The highest BCUT2D eigenvalue weighted by molar-refractivity contribution is 5.70. The molecule has 4 unspecified atom stereocenters. The van der Waals surface area contributed by atoms with Gasteiger partial charge in [0.2, 0.25) is 0 Å². The van der Waals surface area contributed by atoms with Gasteiger partial charge in [0.1, 0.15) is 11.2 Å². The van der Waals surface area contributed by atoms with E-state index >= 15 is 0 Å². The molecule has 154 valence electrons. The lowest BCUT2D eigenvalue weighted by Gasteiger charge is -2.47. The molecule has 1 heteroatoms. The van der Waals surface area contributed by atoms with Crippen LogP contribution in [0, 0.1) is 17.3 Å². The van der Waals surface area contributed by atoms with E-state index in [0.29, 0.717) is 5.92 Å². The Labute approximate surface area is 184 Å². The van der Waals surface area contributed by atoms with Crippen molar-refractivity contribution < 1.29 is 4.74 Å². The smallest absolute Gasteiger partial charge is 0.143 e. The fraction of sp³-hybridized carbons (Fsp3) is 0.333. The first-order chi connectivity index (χ1) is 15.1. The first-order valence-electron chi connectivity index (χ1n) is 11.8. The van der Waals surface area contributed by atoms with Crippen LogP contribution in [0.25, 0.3) is 0 Å². The van der Waals surface area contributed by atoms with E-state index in [1.807, 2.05) is 0 Å². The first kappa shape index (κ1) is 18.0. The molecule has 4 atom stereocenters. The van der Waals surface area contributed by atoms with Crippen molar-refractivity contribution in [3.63, 3.8) is 0 Å². The van der Waals surface area contributed by atoms with Crippen LogP contribution >= 0.6 is 0 Å². The van der Waals surface area contributed by atoms with Crippen LogP contribution < -0.4 is 0 Å². The number of hydrogen-bond donors (Lipinski definition) is 0. The summed E-state index contributed by atoms with van der Waals surface area (Å²) >= 11 is 0. The molecule has 4 bridgehead atoms. The maximum absolute atomic E-state index is 7.55. The van der Waals surface area contributed by atoms with Gasteiger partial charge in [0.15, 0.2) is 0 Å². The second kappa shape index (κ2) is 5.78. The maximum Gasteiger partial charge on any atom is 0.143 e. The normalized spacial score (nSPS) is 34.0. The molecular formula is C30H28O. The number of fused-ring (bicyclic) bond motifs is 10. The van der Waals surface area contributed by atoms with Crippen molar-refractivity contribution in [1.29, 1.82) is 0 Å². The van der Waals surface area contributed by atoms with Crippen molar-refractivity contribution in [3.8, 4) is 0 Å². The highest BCUT2D eigenvalue weighted by atomic mass is 16.5. The van der Waals surface area contributed by atoms with Gasteiger partial charge in [0.05, 0.1) is 0 Å². The number of rotatable bonds is 2. The van der Waals surface area contributed by atoms with Gasteiger partial charge in [-0.3, -0.25) is 0 Å². The molecule has 7 rings (SSSR count). The topological polar surface area (TPSA) is 9.23 Å². The minimum absolute atomic E-state index is 0.113. The lowest BCUT2D eigenvalue weighted by atomic mass is 9.54. The molecule has 1 fully saturated rings. The van der Waals surface area contributed by atoms with E-state index in [-0.39, 0.29) is 5.41 Å². The zero-order valence-corrected chi connectivity index (χ0v) is 18.3. The molecule has 3 aromatic carbocycles. The highest BCUT2D eigenvalue weighted by Crippen LogP contribution is 2.75. The molecule has 0 aromatic heterocycles. The minimum Gasteiger partial charge on any atom is -0.341 e. The second-order valence-corrected chi connectivity index (χ2v) is 10.5. The summed E-state index contributed by atoms with van der Waals surface area (Å²) in [5, 5.41) is 0. The van der Waals surface area contributed by atoms with Gasteiger partial charge in [-0.2, -0.15) is 0 Å². The standard InChI is InChI=1S/C30H28O/c1-28(2)23-18-17-20(19-23)26-27(28)30(22-13-7-4-8-14-22)25-16-10-9-15-24(25)29(26,31-30)21-11-5-3-6-12-21/h3-16,20,23H,17-19H2,1-2H3. The van der Waals surface area contributed by atoms with Crippen molar-refractivity contribution in [3.05, 3.63) is 118 Å². The second-order valence-electron chi connectivity index (χ2n) is 10.5. The van der Waals surface area contributed by atoms with E-state index in [1.54, 1.807) is 11.1 Å². The van der Waals surface area contributed by atoms with Crippen molar-refractivity contribution >= 4 is 0 Å². The Kier molecular flexibility index (Phi) is 3.35. The van der Waals surface area contributed by atoms with Gasteiger partial charge in [0.25, 0.3) is 0 Å². The summed E-state index contributed by atoms with van der Waals surface area (Å²) in [4.78, 5) is 0. The summed E-state index contributed by atoms with van der Waals surface area (Å²) in [6.45, 7) is 4.98. The van der Waals surface area contributed by atoms with Crippen LogP contribution in [0.15, 0.2) is 96.1 Å². The van der Waals surface area contributed by atoms with Crippen LogP contribution in [-0.2, 0) is 15.9 Å².